The zero-order valence-corrected chi connectivity index (χ0v) is 18.6. The largest absolute Gasteiger partial charge is 0.493 e. The van der Waals surface area contributed by atoms with E-state index in [2.05, 4.69) is 35.8 Å². The molecule has 7 nitrogen and oxygen atoms in total. The number of hydrogen-bond acceptors (Lipinski definition) is 4. The predicted octanol–water partition coefficient (Wildman–Crippen LogP) is 2.12. The Kier molecular flexibility index (Phi) is 7.40. The summed E-state index contributed by atoms with van der Waals surface area (Å²) in [6, 6.07) is 6.27. The van der Waals surface area contributed by atoms with Crippen LogP contribution in [-0.2, 0) is 16.6 Å². The van der Waals surface area contributed by atoms with Crippen LogP contribution in [0.1, 0.15) is 37.3 Å². The summed E-state index contributed by atoms with van der Waals surface area (Å²) in [6.07, 6.45) is 4.69. The number of nitrogens with zero attached hydrogens (tertiary/aromatic N) is 2. The number of nitrogens with one attached hydrogen (secondary N) is 2. The van der Waals surface area contributed by atoms with Crippen molar-refractivity contribution in [3.63, 3.8) is 0 Å². The van der Waals surface area contributed by atoms with E-state index in [4.69, 9.17) is 9.73 Å². The van der Waals surface area contributed by atoms with Gasteiger partial charge in [-0.2, -0.15) is 0 Å². The second-order valence-electron chi connectivity index (χ2n) is 8.22. The normalized spacial score (nSPS) is 20.7. The number of rotatable bonds is 9. The number of ether oxygens (including phenoxy) is 1. The molecule has 29 heavy (non-hydrogen) atoms. The molecule has 0 radical (unpaired) electrons. The number of aliphatic imine (C=N–C) groups is 1. The van der Waals surface area contributed by atoms with Gasteiger partial charge in [-0.05, 0) is 56.6 Å². The van der Waals surface area contributed by atoms with E-state index < -0.39 is 10.0 Å². The minimum absolute atomic E-state index is 0.297. The van der Waals surface area contributed by atoms with Gasteiger partial charge in [-0.1, -0.05) is 12.1 Å². The van der Waals surface area contributed by atoms with Gasteiger partial charge in [0.25, 0.3) is 0 Å². The zero-order chi connectivity index (χ0) is 20.9. The third-order valence-electron chi connectivity index (χ3n) is 5.42. The Morgan fingerprint density at radius 3 is 2.69 bits per heavy atom. The lowest BCUT2D eigenvalue weighted by Crippen LogP contribution is -2.40. The quantitative estimate of drug-likeness (QED) is 0.471. The van der Waals surface area contributed by atoms with Gasteiger partial charge in [0, 0.05) is 31.7 Å². The molecule has 0 amide bonds. The van der Waals surface area contributed by atoms with Gasteiger partial charge >= 0.3 is 0 Å². The zero-order valence-electron chi connectivity index (χ0n) is 17.8. The first-order valence-corrected chi connectivity index (χ1v) is 12.4. The molecule has 1 saturated heterocycles. The van der Waals surface area contributed by atoms with E-state index in [0.29, 0.717) is 38.0 Å². The molecular formula is C21H34N4O3S. The average Bonchev–Trinajstić information content (AvgIpc) is 3.37. The van der Waals surface area contributed by atoms with Gasteiger partial charge in [0.2, 0.25) is 10.0 Å². The highest BCUT2D eigenvalue weighted by Gasteiger charge is 2.28. The highest BCUT2D eigenvalue weighted by Crippen LogP contribution is 2.31. The lowest BCUT2D eigenvalue weighted by atomic mass is 10.1. The van der Waals surface area contributed by atoms with Gasteiger partial charge in [0.1, 0.15) is 5.75 Å². The van der Waals surface area contributed by atoms with Crippen molar-refractivity contribution in [2.45, 2.75) is 39.7 Å². The summed E-state index contributed by atoms with van der Waals surface area (Å²) >= 11 is 0. The second-order valence-corrected chi connectivity index (χ2v) is 10.2. The third-order valence-corrected chi connectivity index (χ3v) is 6.69. The van der Waals surface area contributed by atoms with E-state index in [9.17, 15) is 8.42 Å². The Morgan fingerprint density at radius 2 is 2.03 bits per heavy atom. The maximum Gasteiger partial charge on any atom is 0.211 e. The fourth-order valence-electron chi connectivity index (χ4n) is 3.43. The summed E-state index contributed by atoms with van der Waals surface area (Å²) in [5.74, 6) is 2.68. The summed E-state index contributed by atoms with van der Waals surface area (Å²) < 4.78 is 31.0. The topological polar surface area (TPSA) is 83.0 Å². The Hall–Kier alpha value is -1.80. The van der Waals surface area contributed by atoms with E-state index in [-0.39, 0.29) is 0 Å². The fraction of sp³-hybridized carbons (Fsp3) is 0.667. The number of hydrogen-bond donors (Lipinski definition) is 2. The smallest absolute Gasteiger partial charge is 0.211 e. The van der Waals surface area contributed by atoms with Crippen LogP contribution in [0.5, 0.6) is 5.75 Å². The van der Waals surface area contributed by atoms with Crippen LogP contribution in [0.25, 0.3) is 0 Å². The summed E-state index contributed by atoms with van der Waals surface area (Å²) in [4.78, 5) is 4.73. The molecule has 0 bridgehead atoms. The van der Waals surface area contributed by atoms with E-state index in [0.717, 1.165) is 36.8 Å². The monoisotopic (exact) mass is 422 g/mol. The van der Waals surface area contributed by atoms with Crippen LogP contribution >= 0.6 is 0 Å². The summed E-state index contributed by atoms with van der Waals surface area (Å²) in [7, 11) is -3.10. The van der Waals surface area contributed by atoms with E-state index in [1.54, 1.807) is 4.31 Å². The number of aryl methyl sites for hydroxylation is 1. The van der Waals surface area contributed by atoms with Crippen LogP contribution in [0.4, 0.5) is 0 Å². The molecule has 0 spiro atoms. The van der Waals surface area contributed by atoms with Crippen LogP contribution < -0.4 is 15.4 Å². The minimum Gasteiger partial charge on any atom is -0.493 e. The third kappa shape index (κ3) is 6.89. The minimum atomic E-state index is -3.10. The Labute approximate surface area is 175 Å². The molecule has 2 N–H and O–H groups in total. The highest BCUT2D eigenvalue weighted by atomic mass is 32.2. The molecule has 1 aliphatic heterocycles. The van der Waals surface area contributed by atoms with Gasteiger partial charge in [-0.3, -0.25) is 0 Å². The Bertz CT molecular complexity index is 821. The first-order valence-electron chi connectivity index (χ1n) is 10.5. The first kappa shape index (κ1) is 21.9. The van der Waals surface area contributed by atoms with Crippen LogP contribution in [0.15, 0.2) is 23.2 Å². The maximum absolute atomic E-state index is 11.7. The van der Waals surface area contributed by atoms with Crippen LogP contribution in [0.2, 0.25) is 0 Å². The molecule has 162 valence electrons. The van der Waals surface area contributed by atoms with Gasteiger partial charge in [0.05, 0.1) is 19.4 Å². The summed E-state index contributed by atoms with van der Waals surface area (Å²) in [5.41, 5.74) is 2.27. The lowest BCUT2D eigenvalue weighted by Gasteiger charge is -2.16. The fourth-order valence-corrected chi connectivity index (χ4v) is 4.35. The summed E-state index contributed by atoms with van der Waals surface area (Å²) in [6.45, 7) is 8.08. The molecule has 1 heterocycles. The van der Waals surface area contributed by atoms with Crippen molar-refractivity contribution in [2.24, 2.45) is 16.8 Å². The molecule has 2 aliphatic rings. The van der Waals surface area contributed by atoms with Crippen molar-refractivity contribution < 1.29 is 13.2 Å². The second kappa shape index (κ2) is 9.80. The van der Waals surface area contributed by atoms with Gasteiger partial charge in [-0.25, -0.2) is 17.7 Å². The van der Waals surface area contributed by atoms with Gasteiger partial charge in [-0.15, -0.1) is 0 Å². The molecule has 0 aromatic heterocycles. The SMILES string of the molecule is CCNC(=NCc1ccc(C)cc1OCC1CC1)NCC1CCN(S(C)(=O)=O)C1. The van der Waals surface area contributed by atoms with Crippen molar-refractivity contribution >= 4 is 16.0 Å². The molecule has 8 heteroatoms. The summed E-state index contributed by atoms with van der Waals surface area (Å²) in [5, 5.41) is 6.65. The Morgan fingerprint density at radius 1 is 1.24 bits per heavy atom. The van der Waals surface area contributed by atoms with Crippen molar-refractivity contribution in [3.05, 3.63) is 29.3 Å². The predicted molar refractivity (Wildman–Crippen MR) is 117 cm³/mol. The highest BCUT2D eigenvalue weighted by molar-refractivity contribution is 7.88. The van der Waals surface area contributed by atoms with E-state index >= 15 is 0 Å². The molecule has 1 aromatic carbocycles. The lowest BCUT2D eigenvalue weighted by molar-refractivity contribution is 0.296. The van der Waals surface area contributed by atoms with Crippen molar-refractivity contribution in [1.82, 2.24) is 14.9 Å². The molecular weight excluding hydrogens is 388 g/mol. The number of sulfonamides is 1. The van der Waals surface area contributed by atoms with Crippen LogP contribution in [0, 0.1) is 18.8 Å². The number of guanidine groups is 1. The van der Waals surface area contributed by atoms with Gasteiger partial charge < -0.3 is 15.4 Å². The standard InChI is InChI=1S/C21H34N4O3S/c1-4-22-21(23-12-18-9-10-25(14-18)29(3,26)27)24-13-19-8-5-16(2)11-20(19)28-15-17-6-7-17/h5,8,11,17-18H,4,6-7,9-10,12-15H2,1-3H3,(H2,22,23,24). The van der Waals surface area contributed by atoms with E-state index in [1.807, 2.05) is 6.92 Å². The molecule has 1 atom stereocenters. The van der Waals surface area contributed by atoms with Crippen molar-refractivity contribution in [3.8, 4) is 5.75 Å². The maximum atomic E-state index is 11.7. The number of benzene rings is 1. The van der Waals surface area contributed by atoms with Crippen LogP contribution in [-0.4, -0.2) is 57.7 Å². The Balaban J connectivity index is 1.57. The van der Waals surface area contributed by atoms with E-state index in [1.165, 1.54) is 24.7 Å². The molecule has 3 rings (SSSR count). The molecule has 1 unspecified atom stereocenters. The van der Waals surface area contributed by atoms with Crippen molar-refractivity contribution in [2.75, 3.05) is 39.0 Å². The van der Waals surface area contributed by atoms with Crippen molar-refractivity contribution in [1.29, 1.82) is 0 Å². The first-order chi connectivity index (χ1) is 13.8. The molecule has 1 aliphatic carbocycles. The van der Waals surface area contributed by atoms with Crippen LogP contribution in [0.3, 0.4) is 0 Å². The molecule has 1 saturated carbocycles. The molecule has 2 fully saturated rings. The van der Waals surface area contributed by atoms with Gasteiger partial charge in [0.15, 0.2) is 5.96 Å². The molecule has 1 aromatic rings. The average molecular weight is 423 g/mol.